The number of piperidine rings is 1. The van der Waals surface area contributed by atoms with Gasteiger partial charge in [-0.1, -0.05) is 32.4 Å². The predicted molar refractivity (Wildman–Crippen MR) is 116 cm³/mol. The van der Waals surface area contributed by atoms with Crippen LogP contribution < -0.4 is 4.90 Å². The first-order valence-corrected chi connectivity index (χ1v) is 11.7. The first kappa shape index (κ1) is 21.0. The van der Waals surface area contributed by atoms with Gasteiger partial charge in [0.2, 0.25) is 11.8 Å². The van der Waals surface area contributed by atoms with Gasteiger partial charge in [0.15, 0.2) is 0 Å². The number of nitrogens with zero attached hydrogens (tertiary/aromatic N) is 3. The van der Waals surface area contributed by atoms with Crippen molar-refractivity contribution in [2.24, 2.45) is 5.92 Å². The lowest BCUT2D eigenvalue weighted by Gasteiger charge is -2.39. The number of amides is 3. The number of hydrogen-bond donors (Lipinski definition) is 0. The first-order chi connectivity index (χ1) is 14.5. The fraction of sp³-hybridized carbons (Fsp3) is 0.591. The number of carbonyl (C=O) groups is 3. The molecular formula is C22H29N3O4S. The van der Waals surface area contributed by atoms with E-state index in [-0.39, 0.29) is 36.5 Å². The summed E-state index contributed by atoms with van der Waals surface area (Å²) in [5.74, 6) is 0.684. The standard InChI is InChI=1S/C22H29N3O4S/c1-3-15(2)18-13-29-22(28)25(18)16-8-10-23(11-9-16)20(26)12-24-17-6-4-5-7-19(17)30-14-21(24)27/h4-7,15-16,18H,3,8-14H2,1-2H3. The number of fused-ring (bicyclic) bond motifs is 1. The maximum absolute atomic E-state index is 13.0. The molecular weight excluding hydrogens is 402 g/mol. The van der Waals surface area contributed by atoms with Crippen molar-refractivity contribution >= 4 is 35.4 Å². The zero-order valence-corrected chi connectivity index (χ0v) is 18.4. The summed E-state index contributed by atoms with van der Waals surface area (Å²) in [6.45, 7) is 6.01. The van der Waals surface area contributed by atoms with Crippen LogP contribution in [0.15, 0.2) is 29.2 Å². The van der Waals surface area contributed by atoms with E-state index in [0.717, 1.165) is 29.8 Å². The van der Waals surface area contributed by atoms with Crippen LogP contribution in [0.1, 0.15) is 33.1 Å². The molecule has 2 fully saturated rings. The van der Waals surface area contributed by atoms with Gasteiger partial charge in [0.25, 0.3) is 0 Å². The minimum Gasteiger partial charge on any atom is -0.447 e. The Balaban J connectivity index is 1.37. The molecule has 0 spiro atoms. The fourth-order valence-electron chi connectivity index (χ4n) is 4.53. The Hall–Kier alpha value is -2.22. The second kappa shape index (κ2) is 8.88. The molecule has 1 aromatic rings. The fourth-order valence-corrected chi connectivity index (χ4v) is 5.47. The molecule has 4 rings (SSSR count). The lowest BCUT2D eigenvalue weighted by Crippen LogP contribution is -2.53. The smallest absolute Gasteiger partial charge is 0.410 e. The van der Waals surface area contributed by atoms with E-state index in [2.05, 4.69) is 13.8 Å². The molecule has 0 radical (unpaired) electrons. The van der Waals surface area contributed by atoms with Crippen molar-refractivity contribution in [2.45, 2.75) is 50.1 Å². The third kappa shape index (κ3) is 4.02. The van der Waals surface area contributed by atoms with Gasteiger partial charge in [-0.25, -0.2) is 4.79 Å². The van der Waals surface area contributed by atoms with Gasteiger partial charge in [0.1, 0.15) is 13.2 Å². The summed E-state index contributed by atoms with van der Waals surface area (Å²) in [6, 6.07) is 7.95. The Labute approximate surface area is 181 Å². The van der Waals surface area contributed by atoms with Gasteiger partial charge in [0, 0.05) is 24.0 Å². The quantitative estimate of drug-likeness (QED) is 0.717. The number of thioether (sulfide) groups is 1. The molecule has 30 heavy (non-hydrogen) atoms. The van der Waals surface area contributed by atoms with Crippen LogP contribution in [0.2, 0.25) is 0 Å². The highest BCUT2D eigenvalue weighted by Crippen LogP contribution is 2.35. The summed E-state index contributed by atoms with van der Waals surface area (Å²) in [7, 11) is 0. The molecule has 8 heteroatoms. The minimum atomic E-state index is -0.224. The van der Waals surface area contributed by atoms with E-state index < -0.39 is 0 Å². The number of cyclic esters (lactones) is 1. The maximum atomic E-state index is 13.0. The highest BCUT2D eigenvalue weighted by atomic mass is 32.2. The minimum absolute atomic E-state index is 0.0295. The van der Waals surface area contributed by atoms with Crippen molar-refractivity contribution in [3.05, 3.63) is 24.3 Å². The number of ether oxygens (including phenoxy) is 1. The summed E-state index contributed by atoms with van der Waals surface area (Å²) in [5, 5.41) is 0. The number of rotatable bonds is 5. The van der Waals surface area contributed by atoms with Crippen LogP contribution in [0, 0.1) is 5.92 Å². The van der Waals surface area contributed by atoms with Gasteiger partial charge in [0.05, 0.1) is 17.5 Å². The molecule has 0 bridgehead atoms. The van der Waals surface area contributed by atoms with E-state index in [0.29, 0.717) is 31.4 Å². The van der Waals surface area contributed by atoms with Crippen molar-refractivity contribution < 1.29 is 19.1 Å². The molecule has 0 saturated carbocycles. The molecule has 0 aliphatic carbocycles. The monoisotopic (exact) mass is 431 g/mol. The van der Waals surface area contributed by atoms with E-state index >= 15 is 0 Å². The van der Waals surface area contributed by atoms with Crippen molar-refractivity contribution in [3.63, 3.8) is 0 Å². The number of benzene rings is 1. The van der Waals surface area contributed by atoms with Crippen LogP contribution in [0.3, 0.4) is 0 Å². The van der Waals surface area contributed by atoms with Gasteiger partial charge < -0.3 is 14.5 Å². The molecule has 2 atom stereocenters. The zero-order chi connectivity index (χ0) is 21.3. The van der Waals surface area contributed by atoms with Gasteiger partial charge >= 0.3 is 6.09 Å². The summed E-state index contributed by atoms with van der Waals surface area (Å²) in [4.78, 5) is 44.1. The predicted octanol–water partition coefficient (Wildman–Crippen LogP) is 2.98. The number of likely N-dealkylation sites (tertiary alicyclic amines) is 1. The number of anilines is 1. The topological polar surface area (TPSA) is 70.2 Å². The molecule has 7 nitrogen and oxygen atoms in total. The third-order valence-corrected chi connectivity index (χ3v) is 7.61. The second-order valence-corrected chi connectivity index (χ2v) is 9.30. The van der Waals surface area contributed by atoms with Gasteiger partial charge in [-0.3, -0.25) is 14.5 Å². The Morgan fingerprint density at radius 3 is 2.70 bits per heavy atom. The van der Waals surface area contributed by atoms with E-state index in [1.54, 1.807) is 4.90 Å². The normalized spacial score (nSPS) is 23.4. The van der Waals surface area contributed by atoms with E-state index in [4.69, 9.17) is 4.74 Å². The summed E-state index contributed by atoms with van der Waals surface area (Å²) < 4.78 is 5.33. The van der Waals surface area contributed by atoms with E-state index in [1.165, 1.54) is 11.8 Å². The summed E-state index contributed by atoms with van der Waals surface area (Å²) in [5.41, 5.74) is 0.818. The molecule has 162 valence electrons. The SMILES string of the molecule is CCC(C)C1COC(=O)N1C1CCN(C(=O)CN2C(=O)CSc3ccccc32)CC1. The van der Waals surface area contributed by atoms with Crippen LogP contribution in [0.4, 0.5) is 10.5 Å². The number of hydrogen-bond acceptors (Lipinski definition) is 5. The Kier molecular flexibility index (Phi) is 6.22. The molecule has 3 heterocycles. The Morgan fingerprint density at radius 1 is 1.23 bits per heavy atom. The highest BCUT2D eigenvalue weighted by Gasteiger charge is 2.42. The van der Waals surface area contributed by atoms with E-state index in [1.807, 2.05) is 34.1 Å². The zero-order valence-electron chi connectivity index (χ0n) is 17.6. The molecule has 0 N–H and O–H groups in total. The van der Waals surface area contributed by atoms with Crippen molar-refractivity contribution in [1.82, 2.24) is 9.80 Å². The van der Waals surface area contributed by atoms with Crippen LogP contribution in [0.25, 0.3) is 0 Å². The molecule has 0 aromatic heterocycles. The largest absolute Gasteiger partial charge is 0.447 e. The molecule has 3 aliphatic rings. The summed E-state index contributed by atoms with van der Waals surface area (Å²) >= 11 is 1.52. The Morgan fingerprint density at radius 2 is 1.97 bits per heavy atom. The highest BCUT2D eigenvalue weighted by molar-refractivity contribution is 8.00. The lowest BCUT2D eigenvalue weighted by atomic mass is 9.95. The summed E-state index contributed by atoms with van der Waals surface area (Å²) in [6.07, 6.45) is 2.26. The van der Waals surface area contributed by atoms with Crippen LogP contribution in [-0.2, 0) is 14.3 Å². The molecule has 3 amide bonds. The van der Waals surface area contributed by atoms with E-state index in [9.17, 15) is 14.4 Å². The molecule has 2 unspecified atom stereocenters. The van der Waals surface area contributed by atoms with Gasteiger partial charge in [-0.2, -0.15) is 0 Å². The molecule has 1 aromatic carbocycles. The molecule has 2 saturated heterocycles. The van der Waals surface area contributed by atoms with Crippen LogP contribution >= 0.6 is 11.8 Å². The molecule has 3 aliphatic heterocycles. The van der Waals surface area contributed by atoms with Crippen molar-refractivity contribution in [1.29, 1.82) is 0 Å². The van der Waals surface area contributed by atoms with Crippen LogP contribution in [-0.4, -0.2) is 71.8 Å². The number of carbonyl (C=O) groups excluding carboxylic acids is 3. The Bertz CT molecular complexity index is 824. The van der Waals surface area contributed by atoms with Crippen LogP contribution in [0.5, 0.6) is 0 Å². The average Bonchev–Trinajstić information content (AvgIpc) is 3.16. The van der Waals surface area contributed by atoms with Gasteiger partial charge in [-0.05, 0) is 30.9 Å². The lowest BCUT2D eigenvalue weighted by molar-refractivity contribution is -0.132. The maximum Gasteiger partial charge on any atom is 0.410 e. The first-order valence-electron chi connectivity index (χ1n) is 10.7. The average molecular weight is 432 g/mol. The van der Waals surface area contributed by atoms with Crippen molar-refractivity contribution in [3.8, 4) is 0 Å². The van der Waals surface area contributed by atoms with Crippen molar-refractivity contribution in [2.75, 3.05) is 36.9 Å². The van der Waals surface area contributed by atoms with Gasteiger partial charge in [-0.15, -0.1) is 11.8 Å². The third-order valence-electron chi connectivity index (χ3n) is 6.56. The second-order valence-electron chi connectivity index (χ2n) is 8.29. The number of para-hydroxylation sites is 1.